The molecule has 3 rings (SSSR count). The zero-order chi connectivity index (χ0) is 16.4. The van der Waals surface area contributed by atoms with E-state index in [-0.39, 0.29) is 10.8 Å². The number of rotatable bonds is 4. The number of amides is 1. The van der Waals surface area contributed by atoms with Gasteiger partial charge >= 0.3 is 0 Å². The normalized spacial score (nSPS) is 11.3. The quantitative estimate of drug-likeness (QED) is 0.683. The molecule has 118 valence electrons. The summed E-state index contributed by atoms with van der Waals surface area (Å²) in [6.45, 7) is 1.39. The Morgan fingerprint density at radius 2 is 1.87 bits per heavy atom. The standard InChI is InChI=1S/C15H14N4O3S/c1-10(20)17-12-5-7-13(8-6-12)23(21,22)19-14-4-2-3-11-9-16-18-15(11)14/h2-9,19H,1H3,(H,16,18)(H,17,20). The van der Waals surface area contributed by atoms with E-state index in [0.717, 1.165) is 5.39 Å². The van der Waals surface area contributed by atoms with Crippen molar-refractivity contribution in [3.05, 3.63) is 48.7 Å². The van der Waals surface area contributed by atoms with Crippen molar-refractivity contribution in [2.24, 2.45) is 0 Å². The van der Waals surface area contributed by atoms with Crippen molar-refractivity contribution >= 4 is 38.2 Å². The van der Waals surface area contributed by atoms with Crippen molar-refractivity contribution in [1.29, 1.82) is 0 Å². The number of hydrogen-bond donors (Lipinski definition) is 3. The minimum absolute atomic E-state index is 0.100. The third-order valence-electron chi connectivity index (χ3n) is 3.21. The summed E-state index contributed by atoms with van der Waals surface area (Å²) in [5.41, 5.74) is 1.57. The summed E-state index contributed by atoms with van der Waals surface area (Å²) in [6, 6.07) is 11.2. The predicted molar refractivity (Wildman–Crippen MR) is 87.6 cm³/mol. The Hall–Kier alpha value is -2.87. The highest BCUT2D eigenvalue weighted by Gasteiger charge is 2.16. The Kier molecular flexibility index (Phi) is 3.75. The van der Waals surface area contributed by atoms with E-state index in [0.29, 0.717) is 16.9 Å². The zero-order valence-electron chi connectivity index (χ0n) is 12.2. The van der Waals surface area contributed by atoms with E-state index in [2.05, 4.69) is 20.2 Å². The number of carbonyl (C=O) groups is 1. The van der Waals surface area contributed by atoms with E-state index in [1.807, 2.05) is 6.07 Å². The first-order chi connectivity index (χ1) is 11.0. The summed E-state index contributed by atoms with van der Waals surface area (Å²) < 4.78 is 27.5. The molecule has 0 aliphatic rings. The maximum absolute atomic E-state index is 12.5. The maximum atomic E-state index is 12.5. The number of hydrogen-bond acceptors (Lipinski definition) is 4. The van der Waals surface area contributed by atoms with Crippen molar-refractivity contribution in [2.45, 2.75) is 11.8 Å². The lowest BCUT2D eigenvalue weighted by Crippen LogP contribution is -2.13. The van der Waals surface area contributed by atoms with Crippen LogP contribution in [-0.2, 0) is 14.8 Å². The van der Waals surface area contributed by atoms with Gasteiger partial charge in [-0.2, -0.15) is 5.10 Å². The fourth-order valence-corrected chi connectivity index (χ4v) is 3.25. The summed E-state index contributed by atoms with van der Waals surface area (Å²) in [4.78, 5) is 11.1. The van der Waals surface area contributed by atoms with Gasteiger partial charge in [0.1, 0.15) is 0 Å². The van der Waals surface area contributed by atoms with Gasteiger partial charge in [-0.25, -0.2) is 8.42 Å². The Balaban J connectivity index is 1.89. The minimum atomic E-state index is -3.74. The van der Waals surface area contributed by atoms with Gasteiger partial charge in [-0.3, -0.25) is 14.6 Å². The van der Waals surface area contributed by atoms with Gasteiger partial charge in [-0.15, -0.1) is 0 Å². The molecule has 1 amide bonds. The third kappa shape index (κ3) is 3.16. The number of sulfonamides is 1. The molecule has 0 bridgehead atoms. The first-order valence-electron chi connectivity index (χ1n) is 6.78. The molecule has 0 atom stereocenters. The second-order valence-electron chi connectivity index (χ2n) is 4.95. The van der Waals surface area contributed by atoms with E-state index in [1.165, 1.54) is 31.2 Å². The number of benzene rings is 2. The number of nitrogens with one attached hydrogen (secondary N) is 3. The molecule has 0 radical (unpaired) electrons. The highest BCUT2D eigenvalue weighted by Crippen LogP contribution is 2.24. The van der Waals surface area contributed by atoms with Crippen LogP contribution in [0.25, 0.3) is 10.9 Å². The molecule has 8 heteroatoms. The highest BCUT2D eigenvalue weighted by atomic mass is 32.2. The summed E-state index contributed by atoms with van der Waals surface area (Å²) in [5.74, 6) is -0.218. The molecule has 3 N–H and O–H groups in total. The molecule has 0 saturated heterocycles. The fourth-order valence-electron chi connectivity index (χ4n) is 2.18. The zero-order valence-corrected chi connectivity index (χ0v) is 13.0. The van der Waals surface area contributed by atoms with E-state index in [4.69, 9.17) is 0 Å². The van der Waals surface area contributed by atoms with Crippen LogP contribution in [0.15, 0.2) is 53.6 Å². The van der Waals surface area contributed by atoms with Crippen molar-refractivity contribution in [2.75, 3.05) is 10.0 Å². The summed E-state index contributed by atoms with van der Waals surface area (Å²) >= 11 is 0. The Morgan fingerprint density at radius 3 is 2.57 bits per heavy atom. The molecule has 0 fully saturated rings. The van der Waals surface area contributed by atoms with Crippen LogP contribution in [0.3, 0.4) is 0 Å². The summed E-state index contributed by atoms with van der Waals surface area (Å²) in [7, 11) is -3.74. The van der Waals surface area contributed by atoms with Gasteiger partial charge in [0.2, 0.25) is 5.91 Å². The predicted octanol–water partition coefficient (Wildman–Crippen LogP) is 2.32. The largest absolute Gasteiger partial charge is 0.326 e. The number of nitrogens with zero attached hydrogens (tertiary/aromatic N) is 1. The Labute approximate surface area is 132 Å². The lowest BCUT2D eigenvalue weighted by atomic mass is 10.2. The summed E-state index contributed by atoms with van der Waals surface area (Å²) in [6.07, 6.45) is 1.62. The van der Waals surface area contributed by atoms with Crippen molar-refractivity contribution in [3.63, 3.8) is 0 Å². The number of carbonyl (C=O) groups excluding carboxylic acids is 1. The van der Waals surface area contributed by atoms with Gasteiger partial charge in [-0.05, 0) is 30.3 Å². The van der Waals surface area contributed by atoms with Crippen molar-refractivity contribution in [1.82, 2.24) is 10.2 Å². The molecule has 0 unspecified atom stereocenters. The molecule has 0 aliphatic heterocycles. The molecule has 1 heterocycles. The van der Waals surface area contributed by atoms with Gasteiger partial charge in [0.05, 0.1) is 22.3 Å². The molecule has 0 aliphatic carbocycles. The Bertz CT molecular complexity index is 962. The van der Waals surface area contributed by atoms with Crippen LogP contribution in [0.5, 0.6) is 0 Å². The van der Waals surface area contributed by atoms with Gasteiger partial charge < -0.3 is 5.32 Å². The van der Waals surface area contributed by atoms with Gasteiger partial charge in [0.15, 0.2) is 0 Å². The number of H-pyrrole nitrogens is 1. The molecule has 2 aromatic carbocycles. The topological polar surface area (TPSA) is 104 Å². The molecular weight excluding hydrogens is 316 g/mol. The van der Waals surface area contributed by atoms with Crippen LogP contribution in [0, 0.1) is 0 Å². The third-order valence-corrected chi connectivity index (χ3v) is 4.59. The summed E-state index contributed by atoms with van der Waals surface area (Å²) in [5, 5.41) is 10.1. The van der Waals surface area contributed by atoms with E-state index < -0.39 is 10.0 Å². The monoisotopic (exact) mass is 330 g/mol. The maximum Gasteiger partial charge on any atom is 0.261 e. The lowest BCUT2D eigenvalue weighted by Gasteiger charge is -2.09. The number of aromatic amines is 1. The van der Waals surface area contributed by atoms with Gasteiger partial charge in [0, 0.05) is 18.0 Å². The van der Waals surface area contributed by atoms with E-state index >= 15 is 0 Å². The van der Waals surface area contributed by atoms with Crippen molar-refractivity contribution in [3.8, 4) is 0 Å². The Morgan fingerprint density at radius 1 is 1.13 bits per heavy atom. The fraction of sp³-hybridized carbons (Fsp3) is 0.0667. The molecule has 7 nitrogen and oxygen atoms in total. The van der Waals surface area contributed by atoms with Crippen LogP contribution in [0.4, 0.5) is 11.4 Å². The van der Waals surface area contributed by atoms with Crippen LogP contribution in [0.1, 0.15) is 6.92 Å². The SMILES string of the molecule is CC(=O)Nc1ccc(S(=O)(=O)Nc2cccc3cn[nH]c23)cc1. The minimum Gasteiger partial charge on any atom is -0.326 e. The van der Waals surface area contributed by atoms with E-state index in [9.17, 15) is 13.2 Å². The lowest BCUT2D eigenvalue weighted by molar-refractivity contribution is -0.114. The van der Waals surface area contributed by atoms with Gasteiger partial charge in [-0.1, -0.05) is 12.1 Å². The molecule has 1 aromatic heterocycles. The van der Waals surface area contributed by atoms with Crippen LogP contribution >= 0.6 is 0 Å². The van der Waals surface area contributed by atoms with Crippen molar-refractivity contribution < 1.29 is 13.2 Å². The van der Waals surface area contributed by atoms with Gasteiger partial charge in [0.25, 0.3) is 10.0 Å². The number of para-hydroxylation sites is 1. The van der Waals surface area contributed by atoms with Crippen LogP contribution < -0.4 is 10.0 Å². The first kappa shape index (κ1) is 15.0. The molecule has 0 saturated carbocycles. The average Bonchev–Trinajstić information content (AvgIpc) is 2.96. The number of aromatic nitrogens is 2. The van der Waals surface area contributed by atoms with Crippen LogP contribution in [0.2, 0.25) is 0 Å². The number of fused-ring (bicyclic) bond motifs is 1. The van der Waals surface area contributed by atoms with E-state index in [1.54, 1.807) is 18.3 Å². The molecule has 23 heavy (non-hydrogen) atoms. The second-order valence-corrected chi connectivity index (χ2v) is 6.63. The second kappa shape index (κ2) is 5.73. The highest BCUT2D eigenvalue weighted by molar-refractivity contribution is 7.92. The average molecular weight is 330 g/mol. The number of anilines is 2. The molecule has 0 spiro atoms. The molecule has 3 aromatic rings. The first-order valence-corrected chi connectivity index (χ1v) is 8.26. The van der Waals surface area contributed by atoms with Crippen LogP contribution in [-0.4, -0.2) is 24.5 Å². The molecular formula is C15H14N4O3S. The smallest absolute Gasteiger partial charge is 0.261 e.